The van der Waals surface area contributed by atoms with E-state index >= 15 is 0 Å². The molecular formula is C20H28O6. The lowest BCUT2D eigenvalue weighted by Gasteiger charge is -2.36. The van der Waals surface area contributed by atoms with E-state index in [4.69, 9.17) is 9.47 Å². The molecule has 1 aliphatic heterocycles. The van der Waals surface area contributed by atoms with Crippen molar-refractivity contribution in [2.75, 3.05) is 13.2 Å². The monoisotopic (exact) mass is 364 g/mol. The summed E-state index contributed by atoms with van der Waals surface area (Å²) in [4.78, 5) is 12.3. The van der Waals surface area contributed by atoms with Crippen LogP contribution >= 0.6 is 0 Å². The molecule has 1 aliphatic carbocycles. The number of ether oxygens (including phenoxy) is 2. The molecule has 144 valence electrons. The summed E-state index contributed by atoms with van der Waals surface area (Å²) < 4.78 is 11.4. The molecule has 1 saturated heterocycles. The van der Waals surface area contributed by atoms with Crippen molar-refractivity contribution in [1.82, 2.24) is 0 Å². The van der Waals surface area contributed by atoms with Gasteiger partial charge in [-0.25, -0.2) is 0 Å². The van der Waals surface area contributed by atoms with Crippen LogP contribution in [0.3, 0.4) is 0 Å². The molecule has 2 aliphatic rings. The first-order valence-electron chi connectivity index (χ1n) is 9.46. The largest absolute Gasteiger partial charge is 0.486 e. The van der Waals surface area contributed by atoms with Crippen molar-refractivity contribution in [1.29, 1.82) is 0 Å². The number of aliphatic hydroxyl groups is 3. The molecule has 1 aromatic carbocycles. The van der Waals surface area contributed by atoms with Gasteiger partial charge in [-0.3, -0.25) is 4.79 Å². The molecule has 4 unspecified atom stereocenters. The fourth-order valence-corrected chi connectivity index (χ4v) is 3.83. The Balaban J connectivity index is 1.63. The van der Waals surface area contributed by atoms with Gasteiger partial charge in [-0.15, -0.1) is 0 Å². The summed E-state index contributed by atoms with van der Waals surface area (Å²) in [6.45, 7) is -0.170. The van der Waals surface area contributed by atoms with Crippen molar-refractivity contribution in [2.24, 2.45) is 5.92 Å². The van der Waals surface area contributed by atoms with Gasteiger partial charge in [0.1, 0.15) is 24.6 Å². The standard InChI is InChI=1S/C20H28O6/c21-11-16-10-17(22)19(24)20(26-16)14-7-4-8-15(9-14)25-12-18(23)13-5-2-1-3-6-13/h4,7-9,13,16-17,19-22,24H,1-3,5-6,10-12H2. The lowest BCUT2D eigenvalue weighted by molar-refractivity contribution is -0.179. The van der Waals surface area contributed by atoms with Crippen LogP contribution in [-0.4, -0.2) is 52.6 Å². The van der Waals surface area contributed by atoms with Crippen LogP contribution in [0.25, 0.3) is 0 Å². The van der Waals surface area contributed by atoms with Crippen LogP contribution < -0.4 is 4.74 Å². The minimum absolute atomic E-state index is 0.0457. The van der Waals surface area contributed by atoms with Crippen LogP contribution in [0.15, 0.2) is 24.3 Å². The molecule has 1 aromatic rings. The molecule has 6 heteroatoms. The number of carbonyl (C=O) groups excluding carboxylic acids is 1. The zero-order chi connectivity index (χ0) is 18.5. The van der Waals surface area contributed by atoms with Gasteiger partial charge in [-0.05, 0) is 30.5 Å². The predicted molar refractivity (Wildman–Crippen MR) is 94.8 cm³/mol. The van der Waals surface area contributed by atoms with Crippen LogP contribution in [0.2, 0.25) is 0 Å². The third kappa shape index (κ3) is 4.62. The molecule has 0 spiro atoms. The Morgan fingerprint density at radius 1 is 1.19 bits per heavy atom. The summed E-state index contributed by atoms with van der Waals surface area (Å²) in [7, 11) is 0. The van der Waals surface area contributed by atoms with E-state index in [2.05, 4.69) is 0 Å². The Labute approximate surface area is 153 Å². The van der Waals surface area contributed by atoms with Gasteiger partial charge in [-0.2, -0.15) is 0 Å². The van der Waals surface area contributed by atoms with Gasteiger partial charge in [0.2, 0.25) is 0 Å². The zero-order valence-electron chi connectivity index (χ0n) is 14.9. The number of rotatable bonds is 6. The highest BCUT2D eigenvalue weighted by molar-refractivity contribution is 5.82. The first kappa shape index (κ1) is 19.3. The van der Waals surface area contributed by atoms with E-state index in [1.54, 1.807) is 24.3 Å². The molecule has 3 N–H and O–H groups in total. The maximum absolute atomic E-state index is 12.3. The summed E-state index contributed by atoms with van der Waals surface area (Å²) in [5, 5.41) is 29.5. The Morgan fingerprint density at radius 3 is 2.69 bits per heavy atom. The smallest absolute Gasteiger partial charge is 0.173 e. The van der Waals surface area contributed by atoms with Gasteiger partial charge in [0.05, 0.1) is 18.8 Å². The number of Topliss-reactive ketones (excluding diaryl/α,β-unsaturated/α-hetero) is 1. The van der Waals surface area contributed by atoms with E-state index in [1.807, 2.05) is 0 Å². The zero-order valence-corrected chi connectivity index (χ0v) is 14.9. The number of ketones is 1. The molecular weight excluding hydrogens is 336 g/mol. The highest BCUT2D eigenvalue weighted by Gasteiger charge is 2.37. The lowest BCUT2D eigenvalue weighted by Crippen LogP contribution is -2.44. The SMILES string of the molecule is O=C(COc1cccc(C2OC(CO)CC(O)C2O)c1)C1CCCCC1. The van der Waals surface area contributed by atoms with E-state index in [9.17, 15) is 20.1 Å². The van der Waals surface area contributed by atoms with Gasteiger partial charge >= 0.3 is 0 Å². The van der Waals surface area contributed by atoms with Crippen LogP contribution in [-0.2, 0) is 9.53 Å². The van der Waals surface area contributed by atoms with Crippen molar-refractivity contribution >= 4 is 5.78 Å². The Morgan fingerprint density at radius 2 is 1.96 bits per heavy atom. The number of aliphatic hydroxyl groups excluding tert-OH is 3. The maximum Gasteiger partial charge on any atom is 0.173 e. The third-order valence-electron chi connectivity index (χ3n) is 5.38. The number of hydrogen-bond donors (Lipinski definition) is 3. The molecule has 0 radical (unpaired) electrons. The highest BCUT2D eigenvalue weighted by atomic mass is 16.5. The van der Waals surface area contributed by atoms with Crippen molar-refractivity contribution < 1.29 is 29.6 Å². The fraction of sp³-hybridized carbons (Fsp3) is 0.650. The maximum atomic E-state index is 12.3. The van der Waals surface area contributed by atoms with Gasteiger partial charge in [0.15, 0.2) is 5.78 Å². The van der Waals surface area contributed by atoms with Crippen LogP contribution in [0.1, 0.15) is 50.2 Å². The van der Waals surface area contributed by atoms with Gasteiger partial charge in [0, 0.05) is 12.3 Å². The molecule has 6 nitrogen and oxygen atoms in total. The molecule has 2 fully saturated rings. The van der Waals surface area contributed by atoms with E-state index in [0.29, 0.717) is 11.3 Å². The van der Waals surface area contributed by atoms with Crippen molar-refractivity contribution in [3.63, 3.8) is 0 Å². The number of benzene rings is 1. The molecule has 0 aromatic heterocycles. The van der Waals surface area contributed by atoms with E-state index in [0.717, 1.165) is 25.7 Å². The minimum Gasteiger partial charge on any atom is -0.486 e. The second kappa shape index (κ2) is 8.95. The number of carbonyl (C=O) groups is 1. The Bertz CT molecular complexity index is 598. The van der Waals surface area contributed by atoms with Crippen LogP contribution in [0.4, 0.5) is 0 Å². The average molecular weight is 364 g/mol. The minimum atomic E-state index is -1.07. The molecule has 0 bridgehead atoms. The van der Waals surface area contributed by atoms with E-state index < -0.39 is 24.4 Å². The molecule has 0 amide bonds. The first-order chi connectivity index (χ1) is 12.6. The number of hydrogen-bond acceptors (Lipinski definition) is 6. The normalized spacial score (nSPS) is 30.1. The van der Waals surface area contributed by atoms with E-state index in [-0.39, 0.29) is 31.3 Å². The second-order valence-corrected chi connectivity index (χ2v) is 7.32. The fourth-order valence-electron chi connectivity index (χ4n) is 3.83. The topological polar surface area (TPSA) is 96.2 Å². The lowest BCUT2D eigenvalue weighted by atomic mass is 9.86. The Kier molecular flexibility index (Phi) is 6.64. The molecule has 3 rings (SSSR count). The van der Waals surface area contributed by atoms with Gasteiger partial charge in [0.25, 0.3) is 0 Å². The van der Waals surface area contributed by atoms with Crippen molar-refractivity contribution in [3.05, 3.63) is 29.8 Å². The average Bonchev–Trinajstić information content (AvgIpc) is 2.69. The molecule has 26 heavy (non-hydrogen) atoms. The highest BCUT2D eigenvalue weighted by Crippen LogP contribution is 2.33. The van der Waals surface area contributed by atoms with Gasteiger partial charge < -0.3 is 24.8 Å². The summed E-state index contributed by atoms with van der Waals surface area (Å²) >= 11 is 0. The van der Waals surface area contributed by atoms with Crippen LogP contribution in [0, 0.1) is 5.92 Å². The summed E-state index contributed by atoms with van der Waals surface area (Å²) in [6.07, 6.45) is 2.23. The summed E-state index contributed by atoms with van der Waals surface area (Å²) in [5.74, 6) is 0.777. The predicted octanol–water partition coefficient (Wildman–Crippen LogP) is 1.76. The molecule has 1 saturated carbocycles. The molecule has 4 atom stereocenters. The molecule has 1 heterocycles. The van der Waals surface area contributed by atoms with E-state index in [1.165, 1.54) is 6.42 Å². The third-order valence-corrected chi connectivity index (χ3v) is 5.38. The quantitative estimate of drug-likeness (QED) is 0.712. The summed E-state index contributed by atoms with van der Waals surface area (Å²) in [5.41, 5.74) is 0.650. The van der Waals surface area contributed by atoms with Crippen LogP contribution in [0.5, 0.6) is 5.75 Å². The van der Waals surface area contributed by atoms with Crippen molar-refractivity contribution in [2.45, 2.75) is 62.9 Å². The van der Waals surface area contributed by atoms with Gasteiger partial charge in [-0.1, -0.05) is 31.4 Å². The summed E-state index contributed by atoms with van der Waals surface area (Å²) in [6, 6.07) is 7.01. The van der Waals surface area contributed by atoms with Crippen molar-refractivity contribution in [3.8, 4) is 5.75 Å². The first-order valence-corrected chi connectivity index (χ1v) is 9.46. The Hall–Kier alpha value is -1.47. The second-order valence-electron chi connectivity index (χ2n) is 7.32.